The molecule has 0 radical (unpaired) electrons. The third-order valence-corrected chi connectivity index (χ3v) is 4.86. The van der Waals surface area contributed by atoms with Gasteiger partial charge in [0.05, 0.1) is 0 Å². The fraction of sp³-hybridized carbons (Fsp3) is 0.786. The number of anilines is 1. The van der Waals surface area contributed by atoms with E-state index in [0.29, 0.717) is 11.5 Å². The molecular formula is C14H25N3S. The smallest absolute Gasteiger partial charge is 0.185 e. The molecule has 1 aliphatic rings. The van der Waals surface area contributed by atoms with Crippen LogP contribution in [0.4, 0.5) is 5.13 Å². The summed E-state index contributed by atoms with van der Waals surface area (Å²) in [5, 5.41) is 4.64. The molecule has 3 nitrogen and oxygen atoms in total. The van der Waals surface area contributed by atoms with Crippen LogP contribution in [0.3, 0.4) is 0 Å². The van der Waals surface area contributed by atoms with E-state index < -0.39 is 0 Å². The van der Waals surface area contributed by atoms with Crippen molar-refractivity contribution in [1.82, 2.24) is 10.3 Å². The lowest BCUT2D eigenvalue weighted by Gasteiger charge is -2.37. The van der Waals surface area contributed by atoms with Gasteiger partial charge in [0.15, 0.2) is 5.13 Å². The van der Waals surface area contributed by atoms with Gasteiger partial charge in [-0.25, -0.2) is 4.98 Å². The topological polar surface area (TPSA) is 28.2 Å². The highest BCUT2D eigenvalue weighted by Gasteiger charge is 2.28. The van der Waals surface area contributed by atoms with Crippen molar-refractivity contribution in [2.45, 2.75) is 46.6 Å². The molecule has 0 aliphatic carbocycles. The molecule has 1 aromatic rings. The highest BCUT2D eigenvalue weighted by molar-refractivity contribution is 7.15. The number of piperidine rings is 1. The van der Waals surface area contributed by atoms with E-state index >= 15 is 0 Å². The van der Waals surface area contributed by atoms with Crippen LogP contribution in [-0.4, -0.2) is 24.6 Å². The molecule has 0 bridgehead atoms. The number of hydrogen-bond donors (Lipinski definition) is 1. The first kappa shape index (κ1) is 13.8. The van der Waals surface area contributed by atoms with E-state index in [0.717, 1.165) is 19.6 Å². The maximum Gasteiger partial charge on any atom is 0.185 e. The van der Waals surface area contributed by atoms with Crippen LogP contribution in [0.15, 0.2) is 6.20 Å². The Bertz CT molecular complexity index is 386. The lowest BCUT2D eigenvalue weighted by molar-refractivity contribution is 0.293. The summed E-state index contributed by atoms with van der Waals surface area (Å²) in [6.07, 6.45) is 4.65. The summed E-state index contributed by atoms with van der Waals surface area (Å²) >= 11 is 1.84. The van der Waals surface area contributed by atoms with Crippen LogP contribution in [0.1, 0.15) is 51.5 Å². The maximum atomic E-state index is 4.61. The van der Waals surface area contributed by atoms with Gasteiger partial charge in [-0.2, -0.15) is 0 Å². The van der Waals surface area contributed by atoms with E-state index in [-0.39, 0.29) is 0 Å². The molecule has 1 N–H and O–H groups in total. The third-order valence-electron chi connectivity index (χ3n) is 3.62. The monoisotopic (exact) mass is 267 g/mol. The first-order chi connectivity index (χ1) is 8.52. The van der Waals surface area contributed by atoms with Gasteiger partial charge in [-0.3, -0.25) is 0 Å². The minimum absolute atomic E-state index is 0.416. The standard InChI is InChI=1S/C14H25N3S/c1-5-15-11(2)12-9-16-13(18-12)17-8-6-7-14(3,4)10-17/h9,11,15H,5-8,10H2,1-4H3. The van der Waals surface area contributed by atoms with Crippen LogP contribution in [0.2, 0.25) is 0 Å². The molecule has 1 unspecified atom stereocenters. The Morgan fingerprint density at radius 1 is 1.56 bits per heavy atom. The van der Waals surface area contributed by atoms with Gasteiger partial charge in [-0.05, 0) is 31.7 Å². The molecule has 1 fully saturated rings. The lowest BCUT2D eigenvalue weighted by atomic mass is 9.84. The van der Waals surface area contributed by atoms with Crippen molar-refractivity contribution in [3.63, 3.8) is 0 Å². The van der Waals surface area contributed by atoms with Crippen molar-refractivity contribution in [3.05, 3.63) is 11.1 Å². The van der Waals surface area contributed by atoms with E-state index in [1.165, 1.54) is 22.9 Å². The molecule has 1 saturated heterocycles. The van der Waals surface area contributed by atoms with Crippen LogP contribution in [0.5, 0.6) is 0 Å². The fourth-order valence-electron chi connectivity index (χ4n) is 2.62. The highest BCUT2D eigenvalue weighted by Crippen LogP contribution is 2.34. The van der Waals surface area contributed by atoms with Crippen LogP contribution < -0.4 is 10.2 Å². The van der Waals surface area contributed by atoms with E-state index in [1.807, 2.05) is 17.5 Å². The molecule has 18 heavy (non-hydrogen) atoms. The molecule has 0 amide bonds. The van der Waals surface area contributed by atoms with Crippen LogP contribution in [0, 0.1) is 5.41 Å². The number of nitrogens with one attached hydrogen (secondary N) is 1. The Balaban J connectivity index is 2.05. The van der Waals surface area contributed by atoms with Crippen LogP contribution >= 0.6 is 11.3 Å². The summed E-state index contributed by atoms with van der Waals surface area (Å²) in [7, 11) is 0. The number of thiazole rings is 1. The number of aromatic nitrogens is 1. The molecule has 102 valence electrons. The molecule has 1 atom stereocenters. The molecule has 0 aromatic carbocycles. The van der Waals surface area contributed by atoms with Gasteiger partial charge >= 0.3 is 0 Å². The first-order valence-corrected chi connectivity index (χ1v) is 7.77. The van der Waals surface area contributed by atoms with E-state index in [1.54, 1.807) is 0 Å². The minimum atomic E-state index is 0.416. The second-order valence-electron chi connectivity index (χ2n) is 6.01. The Morgan fingerprint density at radius 2 is 2.33 bits per heavy atom. The molecular weight excluding hydrogens is 242 g/mol. The Labute approximate surface area is 115 Å². The van der Waals surface area contributed by atoms with Crippen LogP contribution in [0.25, 0.3) is 0 Å². The summed E-state index contributed by atoms with van der Waals surface area (Å²) in [6, 6.07) is 0.416. The predicted octanol–water partition coefficient (Wildman–Crippen LogP) is 3.44. The second-order valence-corrected chi connectivity index (χ2v) is 7.05. The lowest BCUT2D eigenvalue weighted by Crippen LogP contribution is -2.40. The number of hydrogen-bond acceptors (Lipinski definition) is 4. The van der Waals surface area contributed by atoms with Crippen molar-refractivity contribution < 1.29 is 0 Å². The third kappa shape index (κ3) is 3.23. The molecule has 0 spiro atoms. The number of nitrogens with zero attached hydrogens (tertiary/aromatic N) is 2. The Morgan fingerprint density at radius 3 is 3.00 bits per heavy atom. The fourth-order valence-corrected chi connectivity index (χ4v) is 3.58. The Kier molecular flexibility index (Phi) is 4.28. The van der Waals surface area contributed by atoms with Gasteiger partial charge in [0, 0.05) is 30.2 Å². The van der Waals surface area contributed by atoms with Crippen molar-refractivity contribution in [2.75, 3.05) is 24.5 Å². The summed E-state index contributed by atoms with van der Waals surface area (Å²) in [5.74, 6) is 0. The molecule has 2 rings (SSSR count). The molecule has 4 heteroatoms. The summed E-state index contributed by atoms with van der Waals surface area (Å²) in [6.45, 7) is 12.4. The quantitative estimate of drug-likeness (QED) is 0.906. The zero-order chi connectivity index (χ0) is 13.2. The van der Waals surface area contributed by atoms with Crippen molar-refractivity contribution in [1.29, 1.82) is 0 Å². The first-order valence-electron chi connectivity index (χ1n) is 6.96. The van der Waals surface area contributed by atoms with E-state index in [4.69, 9.17) is 0 Å². The van der Waals surface area contributed by atoms with Crippen molar-refractivity contribution in [3.8, 4) is 0 Å². The number of rotatable bonds is 4. The molecule has 1 aromatic heterocycles. The highest BCUT2D eigenvalue weighted by atomic mass is 32.1. The minimum Gasteiger partial charge on any atom is -0.348 e. The normalized spacial score (nSPS) is 21.0. The van der Waals surface area contributed by atoms with Gasteiger partial charge in [0.1, 0.15) is 0 Å². The summed E-state index contributed by atoms with van der Waals surface area (Å²) in [4.78, 5) is 8.41. The molecule has 2 heterocycles. The predicted molar refractivity (Wildman–Crippen MR) is 79.4 cm³/mol. The SMILES string of the molecule is CCNC(C)c1cnc(N2CCCC(C)(C)C2)s1. The largest absolute Gasteiger partial charge is 0.348 e. The van der Waals surface area contributed by atoms with Gasteiger partial charge in [0.2, 0.25) is 0 Å². The summed E-state index contributed by atoms with van der Waals surface area (Å²) in [5.41, 5.74) is 0.428. The average Bonchev–Trinajstić information content (AvgIpc) is 2.77. The zero-order valence-electron chi connectivity index (χ0n) is 12.0. The van der Waals surface area contributed by atoms with E-state index in [9.17, 15) is 0 Å². The van der Waals surface area contributed by atoms with E-state index in [2.05, 4.69) is 42.9 Å². The van der Waals surface area contributed by atoms with Crippen molar-refractivity contribution >= 4 is 16.5 Å². The Hall–Kier alpha value is -0.610. The molecule has 1 aliphatic heterocycles. The van der Waals surface area contributed by atoms with Gasteiger partial charge in [-0.15, -0.1) is 11.3 Å². The molecule has 0 saturated carbocycles. The maximum absolute atomic E-state index is 4.61. The van der Waals surface area contributed by atoms with Gasteiger partial charge in [-0.1, -0.05) is 20.8 Å². The zero-order valence-corrected chi connectivity index (χ0v) is 12.8. The van der Waals surface area contributed by atoms with Crippen molar-refractivity contribution in [2.24, 2.45) is 5.41 Å². The average molecular weight is 267 g/mol. The van der Waals surface area contributed by atoms with Gasteiger partial charge in [0.25, 0.3) is 0 Å². The second kappa shape index (κ2) is 5.57. The summed E-state index contributed by atoms with van der Waals surface area (Å²) < 4.78 is 0. The van der Waals surface area contributed by atoms with Crippen LogP contribution in [-0.2, 0) is 0 Å². The van der Waals surface area contributed by atoms with Gasteiger partial charge < -0.3 is 10.2 Å².